The molecule has 1 N–H and O–H groups in total. The van der Waals surface area contributed by atoms with Gasteiger partial charge in [-0.1, -0.05) is 6.07 Å². The van der Waals surface area contributed by atoms with Crippen LogP contribution in [-0.4, -0.2) is 30.0 Å². The van der Waals surface area contributed by atoms with E-state index in [4.69, 9.17) is 0 Å². The average molecular weight is 319 g/mol. The summed E-state index contributed by atoms with van der Waals surface area (Å²) in [5.74, 6) is -0.308. The fourth-order valence-corrected chi connectivity index (χ4v) is 3.25. The summed E-state index contributed by atoms with van der Waals surface area (Å²) in [4.78, 5) is 18.0. The van der Waals surface area contributed by atoms with Crippen molar-refractivity contribution in [2.45, 2.75) is 25.8 Å². The van der Waals surface area contributed by atoms with Crippen molar-refractivity contribution in [1.29, 1.82) is 0 Å². The highest BCUT2D eigenvalue weighted by Crippen LogP contribution is 2.24. The van der Waals surface area contributed by atoms with Crippen LogP contribution in [0.25, 0.3) is 0 Å². The number of carbonyl (C=O) groups is 1. The topological polar surface area (TPSA) is 45.2 Å². The van der Waals surface area contributed by atoms with Crippen LogP contribution in [-0.2, 0) is 0 Å². The zero-order chi connectivity index (χ0) is 15.5. The SMILES string of the molecule is Cc1ccc(F)c(N2CCC(NC(=O)c3cscn3)CC2)c1. The average Bonchev–Trinajstić information content (AvgIpc) is 3.05. The predicted molar refractivity (Wildman–Crippen MR) is 86.0 cm³/mol. The van der Waals surface area contributed by atoms with E-state index in [-0.39, 0.29) is 17.8 Å². The minimum Gasteiger partial charge on any atom is -0.369 e. The summed E-state index contributed by atoms with van der Waals surface area (Å²) in [6.45, 7) is 3.44. The van der Waals surface area contributed by atoms with Gasteiger partial charge in [-0.05, 0) is 37.5 Å². The Morgan fingerprint density at radius 1 is 1.41 bits per heavy atom. The Hall–Kier alpha value is -1.95. The van der Waals surface area contributed by atoms with E-state index in [1.54, 1.807) is 17.0 Å². The first kappa shape index (κ1) is 15.0. The number of hydrogen-bond acceptors (Lipinski definition) is 4. The molecule has 4 nitrogen and oxygen atoms in total. The molecular weight excluding hydrogens is 301 g/mol. The second-order valence-corrected chi connectivity index (χ2v) is 6.28. The molecule has 0 bridgehead atoms. The van der Waals surface area contributed by atoms with Crippen molar-refractivity contribution in [1.82, 2.24) is 10.3 Å². The third-order valence-electron chi connectivity index (χ3n) is 3.94. The lowest BCUT2D eigenvalue weighted by Crippen LogP contribution is -2.45. The van der Waals surface area contributed by atoms with Gasteiger partial charge in [0.1, 0.15) is 11.5 Å². The van der Waals surface area contributed by atoms with Gasteiger partial charge in [0.15, 0.2) is 0 Å². The van der Waals surface area contributed by atoms with Gasteiger partial charge >= 0.3 is 0 Å². The number of rotatable bonds is 3. The Kier molecular flexibility index (Phi) is 4.38. The summed E-state index contributed by atoms with van der Waals surface area (Å²) in [5, 5.41) is 4.75. The Morgan fingerprint density at radius 2 is 2.18 bits per heavy atom. The lowest BCUT2D eigenvalue weighted by Gasteiger charge is -2.34. The number of carbonyl (C=O) groups excluding carboxylic acids is 1. The van der Waals surface area contributed by atoms with Crippen LogP contribution in [0.1, 0.15) is 28.9 Å². The fourth-order valence-electron chi connectivity index (χ4n) is 2.71. The van der Waals surface area contributed by atoms with Crippen molar-refractivity contribution in [3.05, 3.63) is 46.2 Å². The van der Waals surface area contributed by atoms with E-state index in [1.165, 1.54) is 17.4 Å². The Labute approximate surface area is 133 Å². The lowest BCUT2D eigenvalue weighted by molar-refractivity contribution is 0.0926. The van der Waals surface area contributed by atoms with E-state index in [2.05, 4.69) is 10.3 Å². The maximum Gasteiger partial charge on any atom is 0.270 e. The van der Waals surface area contributed by atoms with E-state index in [0.717, 1.165) is 31.5 Å². The van der Waals surface area contributed by atoms with Crippen LogP contribution >= 0.6 is 11.3 Å². The number of nitrogens with zero attached hydrogens (tertiary/aromatic N) is 2. The smallest absolute Gasteiger partial charge is 0.270 e. The molecule has 1 aliphatic rings. The molecule has 1 fully saturated rings. The van der Waals surface area contributed by atoms with E-state index >= 15 is 0 Å². The molecule has 1 amide bonds. The summed E-state index contributed by atoms with van der Waals surface area (Å²) in [5.41, 5.74) is 3.83. The van der Waals surface area contributed by atoms with Gasteiger partial charge in [0, 0.05) is 24.5 Å². The van der Waals surface area contributed by atoms with E-state index in [9.17, 15) is 9.18 Å². The van der Waals surface area contributed by atoms with Crippen molar-refractivity contribution in [2.75, 3.05) is 18.0 Å². The maximum atomic E-state index is 13.9. The number of nitrogens with one attached hydrogen (secondary N) is 1. The molecule has 1 aromatic carbocycles. The number of aromatic nitrogens is 1. The number of halogens is 1. The van der Waals surface area contributed by atoms with E-state index in [0.29, 0.717) is 11.4 Å². The molecule has 116 valence electrons. The van der Waals surface area contributed by atoms with Gasteiger partial charge in [0.25, 0.3) is 5.91 Å². The predicted octanol–water partition coefficient (Wildman–Crippen LogP) is 2.99. The molecule has 0 saturated carbocycles. The first-order valence-corrected chi connectivity index (χ1v) is 8.28. The van der Waals surface area contributed by atoms with Gasteiger partial charge in [0.2, 0.25) is 0 Å². The van der Waals surface area contributed by atoms with Crippen LogP contribution in [0.4, 0.5) is 10.1 Å². The summed E-state index contributed by atoms with van der Waals surface area (Å²) in [6, 6.07) is 5.29. The van der Waals surface area contributed by atoms with Crippen LogP contribution in [0, 0.1) is 12.7 Å². The van der Waals surface area contributed by atoms with Gasteiger partial charge in [-0.25, -0.2) is 9.37 Å². The number of thiazole rings is 1. The minimum absolute atomic E-state index is 0.123. The molecule has 6 heteroatoms. The zero-order valence-electron chi connectivity index (χ0n) is 12.4. The Bertz CT molecular complexity index is 651. The van der Waals surface area contributed by atoms with Crippen molar-refractivity contribution in [3.63, 3.8) is 0 Å². The lowest BCUT2D eigenvalue weighted by atomic mass is 10.0. The second kappa shape index (κ2) is 6.44. The molecule has 2 heterocycles. The summed E-state index contributed by atoms with van der Waals surface area (Å²) in [6.07, 6.45) is 1.62. The van der Waals surface area contributed by atoms with Gasteiger partial charge < -0.3 is 10.2 Å². The molecule has 1 saturated heterocycles. The van der Waals surface area contributed by atoms with Crippen LogP contribution in [0.5, 0.6) is 0 Å². The molecule has 0 aliphatic carbocycles. The molecule has 1 aliphatic heterocycles. The molecule has 0 spiro atoms. The highest BCUT2D eigenvalue weighted by Gasteiger charge is 2.23. The first-order valence-electron chi connectivity index (χ1n) is 7.33. The minimum atomic E-state index is -0.185. The van der Waals surface area contributed by atoms with Crippen LogP contribution in [0.15, 0.2) is 29.1 Å². The largest absolute Gasteiger partial charge is 0.369 e. The van der Waals surface area contributed by atoms with Crippen LogP contribution in [0.3, 0.4) is 0 Å². The Balaban J connectivity index is 1.58. The Morgan fingerprint density at radius 3 is 2.86 bits per heavy atom. The molecular formula is C16H18FN3OS. The highest BCUT2D eigenvalue weighted by molar-refractivity contribution is 7.07. The molecule has 1 aromatic heterocycles. The van der Waals surface area contributed by atoms with E-state index in [1.807, 2.05) is 17.9 Å². The van der Waals surface area contributed by atoms with Gasteiger partial charge in [-0.15, -0.1) is 11.3 Å². The quantitative estimate of drug-likeness (QED) is 0.946. The standard InChI is InChI=1S/C16H18FN3OS/c1-11-2-3-13(17)15(8-11)20-6-4-12(5-7-20)19-16(21)14-9-22-10-18-14/h2-3,8-10,12H,4-7H2,1H3,(H,19,21). The summed E-state index contributed by atoms with van der Waals surface area (Å²) in [7, 11) is 0. The van der Waals surface area contributed by atoms with Crippen molar-refractivity contribution in [2.24, 2.45) is 0 Å². The van der Waals surface area contributed by atoms with Crippen LogP contribution in [0.2, 0.25) is 0 Å². The summed E-state index contributed by atoms with van der Waals surface area (Å²) >= 11 is 1.41. The third-order valence-corrected chi connectivity index (χ3v) is 4.52. The molecule has 0 atom stereocenters. The molecule has 0 radical (unpaired) electrons. The fraction of sp³-hybridized carbons (Fsp3) is 0.375. The van der Waals surface area contributed by atoms with Gasteiger partial charge in [0.05, 0.1) is 11.2 Å². The number of aryl methyl sites for hydroxylation is 1. The monoisotopic (exact) mass is 319 g/mol. The number of amides is 1. The first-order chi connectivity index (χ1) is 10.6. The van der Waals surface area contributed by atoms with Crippen LogP contribution < -0.4 is 10.2 Å². The number of anilines is 1. The molecule has 3 rings (SSSR count). The summed E-state index contributed by atoms with van der Waals surface area (Å²) < 4.78 is 13.9. The van der Waals surface area contributed by atoms with E-state index < -0.39 is 0 Å². The second-order valence-electron chi connectivity index (χ2n) is 5.56. The van der Waals surface area contributed by atoms with Gasteiger partial charge in [-0.2, -0.15) is 0 Å². The number of benzene rings is 1. The molecule has 22 heavy (non-hydrogen) atoms. The highest BCUT2D eigenvalue weighted by atomic mass is 32.1. The third kappa shape index (κ3) is 3.27. The van der Waals surface area contributed by atoms with Crippen molar-refractivity contribution in [3.8, 4) is 0 Å². The van der Waals surface area contributed by atoms with Crippen molar-refractivity contribution < 1.29 is 9.18 Å². The zero-order valence-corrected chi connectivity index (χ0v) is 13.2. The van der Waals surface area contributed by atoms with Gasteiger partial charge in [-0.3, -0.25) is 4.79 Å². The maximum absolute atomic E-state index is 13.9. The number of hydrogen-bond donors (Lipinski definition) is 1. The molecule has 0 unspecified atom stereocenters. The molecule has 2 aromatic rings. The normalized spacial score (nSPS) is 15.8. The number of piperidine rings is 1. The van der Waals surface area contributed by atoms with Crippen molar-refractivity contribution >= 4 is 22.9 Å².